The topological polar surface area (TPSA) is 86.1 Å². The van der Waals surface area contributed by atoms with Gasteiger partial charge in [-0.25, -0.2) is 0 Å². The van der Waals surface area contributed by atoms with Gasteiger partial charge in [0, 0.05) is 29.2 Å². The van der Waals surface area contributed by atoms with E-state index in [1.807, 2.05) is 66.0 Å². The van der Waals surface area contributed by atoms with E-state index in [4.69, 9.17) is 19.9 Å². The number of carbonyl (C=O) groups excluding carboxylic acids is 1. The number of anilines is 3. The molecule has 4 aromatic rings. The van der Waals surface area contributed by atoms with Crippen LogP contribution in [0.1, 0.15) is 21.5 Å². The van der Waals surface area contributed by atoms with Crippen molar-refractivity contribution in [1.82, 2.24) is 0 Å². The number of thiophene rings is 1. The van der Waals surface area contributed by atoms with E-state index in [9.17, 15) is 4.79 Å². The molecule has 8 heteroatoms. The second kappa shape index (κ2) is 10.4. The van der Waals surface area contributed by atoms with Crippen molar-refractivity contribution < 1.29 is 19.0 Å². The Labute approximate surface area is 220 Å². The van der Waals surface area contributed by atoms with Crippen molar-refractivity contribution in [3.8, 4) is 27.7 Å². The molecule has 1 aliphatic rings. The molecule has 7 nitrogen and oxygen atoms in total. The Morgan fingerprint density at radius 1 is 1.00 bits per heavy atom. The minimum atomic E-state index is -0.180. The average Bonchev–Trinajstić information content (AvgIpc) is 3.59. The van der Waals surface area contributed by atoms with E-state index in [-0.39, 0.29) is 5.91 Å². The van der Waals surface area contributed by atoms with Crippen LogP contribution in [0.25, 0.3) is 10.4 Å². The summed E-state index contributed by atoms with van der Waals surface area (Å²) in [4.78, 5) is 16.5. The van der Waals surface area contributed by atoms with Crippen LogP contribution in [0.2, 0.25) is 0 Å². The summed E-state index contributed by atoms with van der Waals surface area (Å²) in [5.74, 6) is 1.66. The monoisotopic (exact) mass is 515 g/mol. The maximum atomic E-state index is 13.1. The molecular weight excluding hydrogens is 486 g/mol. The number of hydrogen-bond acceptors (Lipinski definition) is 7. The molecule has 190 valence electrons. The summed E-state index contributed by atoms with van der Waals surface area (Å²) < 4.78 is 16.5. The van der Waals surface area contributed by atoms with Gasteiger partial charge in [-0.1, -0.05) is 12.1 Å². The molecule has 0 saturated carbocycles. The Hall–Kier alpha value is -4.17. The molecule has 0 atom stereocenters. The fourth-order valence-corrected chi connectivity index (χ4v) is 5.40. The molecule has 0 radical (unpaired) electrons. The SMILES string of the molecule is COc1cc(CN2CCc3cc(C(=O)Nc4cc(-c5cccs5)ccc4N)ccc32)cc(OC)c1OC. The van der Waals surface area contributed by atoms with Gasteiger partial charge in [-0.15, -0.1) is 11.3 Å². The predicted molar refractivity (Wildman–Crippen MR) is 149 cm³/mol. The van der Waals surface area contributed by atoms with Crippen molar-refractivity contribution in [3.05, 3.63) is 82.7 Å². The van der Waals surface area contributed by atoms with E-state index in [2.05, 4.69) is 10.2 Å². The lowest BCUT2D eigenvalue weighted by atomic mass is 10.1. The Morgan fingerprint density at radius 3 is 2.46 bits per heavy atom. The molecule has 0 saturated heterocycles. The van der Waals surface area contributed by atoms with Gasteiger partial charge in [0.2, 0.25) is 5.75 Å². The van der Waals surface area contributed by atoms with Crippen molar-refractivity contribution in [1.29, 1.82) is 0 Å². The Bertz CT molecular complexity index is 1410. The number of benzene rings is 3. The van der Waals surface area contributed by atoms with Crippen molar-refractivity contribution in [2.75, 3.05) is 43.8 Å². The van der Waals surface area contributed by atoms with Gasteiger partial charge in [0.05, 0.1) is 32.7 Å². The number of fused-ring (bicyclic) bond motifs is 1. The highest BCUT2D eigenvalue weighted by Crippen LogP contribution is 2.39. The zero-order valence-corrected chi connectivity index (χ0v) is 21.9. The first kappa shape index (κ1) is 24.5. The van der Waals surface area contributed by atoms with Crippen LogP contribution in [0.3, 0.4) is 0 Å². The third-order valence-corrected chi connectivity index (χ3v) is 7.46. The van der Waals surface area contributed by atoms with Crippen LogP contribution in [-0.4, -0.2) is 33.8 Å². The number of amides is 1. The number of carbonyl (C=O) groups is 1. The third-order valence-electron chi connectivity index (χ3n) is 6.54. The molecule has 0 aliphatic carbocycles. The Morgan fingerprint density at radius 2 is 1.78 bits per heavy atom. The molecule has 3 aromatic carbocycles. The Kier molecular flexibility index (Phi) is 6.92. The van der Waals surface area contributed by atoms with Crippen LogP contribution < -0.4 is 30.2 Å². The first-order valence-electron chi connectivity index (χ1n) is 11.9. The van der Waals surface area contributed by atoms with E-state index < -0.39 is 0 Å². The zero-order chi connectivity index (χ0) is 25.9. The molecule has 0 unspecified atom stereocenters. The highest BCUT2D eigenvalue weighted by Gasteiger charge is 2.22. The Balaban J connectivity index is 1.33. The highest BCUT2D eigenvalue weighted by molar-refractivity contribution is 7.13. The minimum absolute atomic E-state index is 0.180. The fraction of sp³-hybridized carbons (Fsp3) is 0.207. The standard InChI is InChI=1S/C29H29N3O4S/c1-34-25-13-18(14-26(35-2)28(25)36-3)17-32-11-10-19-15-21(7-9-24(19)32)29(33)31-23-16-20(6-8-22(23)30)27-5-4-12-37-27/h4-9,12-16H,10-11,17,30H2,1-3H3,(H,31,33). The maximum absolute atomic E-state index is 13.1. The molecule has 37 heavy (non-hydrogen) atoms. The van der Waals surface area contributed by atoms with Crippen molar-refractivity contribution >= 4 is 34.3 Å². The summed E-state index contributed by atoms with van der Waals surface area (Å²) in [5, 5.41) is 5.02. The van der Waals surface area contributed by atoms with Crippen LogP contribution in [0.4, 0.5) is 17.1 Å². The first-order valence-corrected chi connectivity index (χ1v) is 12.8. The van der Waals surface area contributed by atoms with E-state index in [0.717, 1.165) is 40.2 Å². The molecule has 5 rings (SSSR count). The molecule has 3 N–H and O–H groups in total. The summed E-state index contributed by atoms with van der Waals surface area (Å²) >= 11 is 1.65. The first-order chi connectivity index (χ1) is 18.0. The maximum Gasteiger partial charge on any atom is 0.255 e. The van der Waals surface area contributed by atoms with Gasteiger partial charge in [0.1, 0.15) is 0 Å². The molecule has 1 amide bonds. The third kappa shape index (κ3) is 4.93. The lowest BCUT2D eigenvalue weighted by molar-refractivity contribution is 0.102. The molecule has 1 aromatic heterocycles. The number of nitrogens with one attached hydrogen (secondary N) is 1. The number of methoxy groups -OCH3 is 3. The summed E-state index contributed by atoms with van der Waals surface area (Å²) in [6, 6.07) is 19.6. The average molecular weight is 516 g/mol. The number of nitrogens with two attached hydrogens (primary N) is 1. The van der Waals surface area contributed by atoms with Gasteiger partial charge in [0.15, 0.2) is 11.5 Å². The summed E-state index contributed by atoms with van der Waals surface area (Å²) in [7, 11) is 4.83. The molecule has 2 heterocycles. The number of rotatable bonds is 8. The van der Waals surface area contributed by atoms with Crippen LogP contribution in [-0.2, 0) is 13.0 Å². The van der Waals surface area contributed by atoms with E-state index in [0.29, 0.717) is 40.7 Å². The molecule has 1 aliphatic heterocycles. The van der Waals surface area contributed by atoms with Crippen LogP contribution in [0, 0.1) is 0 Å². The second-order valence-corrected chi connectivity index (χ2v) is 9.73. The largest absolute Gasteiger partial charge is 0.493 e. The number of nitrogen functional groups attached to an aromatic ring is 1. The van der Waals surface area contributed by atoms with Gasteiger partial charge < -0.3 is 30.2 Å². The number of hydrogen-bond donors (Lipinski definition) is 2. The predicted octanol–water partition coefficient (Wildman–Crippen LogP) is 5.84. The minimum Gasteiger partial charge on any atom is -0.493 e. The van der Waals surface area contributed by atoms with E-state index >= 15 is 0 Å². The van der Waals surface area contributed by atoms with Crippen molar-refractivity contribution in [2.24, 2.45) is 0 Å². The summed E-state index contributed by atoms with van der Waals surface area (Å²) in [6.07, 6.45) is 0.858. The van der Waals surface area contributed by atoms with Crippen LogP contribution in [0.5, 0.6) is 17.2 Å². The van der Waals surface area contributed by atoms with Gasteiger partial charge in [-0.2, -0.15) is 0 Å². The number of nitrogens with zero attached hydrogens (tertiary/aromatic N) is 1. The lowest BCUT2D eigenvalue weighted by Gasteiger charge is -2.21. The summed E-state index contributed by atoms with van der Waals surface area (Å²) in [5.41, 5.74) is 12.2. The van der Waals surface area contributed by atoms with Gasteiger partial charge >= 0.3 is 0 Å². The van der Waals surface area contributed by atoms with Crippen molar-refractivity contribution in [2.45, 2.75) is 13.0 Å². The zero-order valence-electron chi connectivity index (χ0n) is 21.0. The summed E-state index contributed by atoms with van der Waals surface area (Å²) in [6.45, 7) is 1.54. The molecular formula is C29H29N3O4S. The van der Waals surface area contributed by atoms with E-state index in [1.165, 1.54) is 0 Å². The normalized spacial score (nSPS) is 12.2. The molecule has 0 spiro atoms. The number of ether oxygens (including phenoxy) is 3. The lowest BCUT2D eigenvalue weighted by Crippen LogP contribution is -2.20. The molecule has 0 bridgehead atoms. The van der Waals surface area contributed by atoms with E-state index in [1.54, 1.807) is 32.7 Å². The fourth-order valence-electron chi connectivity index (χ4n) is 4.68. The van der Waals surface area contributed by atoms with Gasteiger partial charge in [0.25, 0.3) is 5.91 Å². The van der Waals surface area contributed by atoms with Gasteiger partial charge in [-0.3, -0.25) is 4.79 Å². The highest BCUT2D eigenvalue weighted by atomic mass is 32.1. The smallest absolute Gasteiger partial charge is 0.255 e. The second-order valence-electron chi connectivity index (χ2n) is 8.78. The molecule has 0 fully saturated rings. The van der Waals surface area contributed by atoms with Gasteiger partial charge in [-0.05, 0) is 77.0 Å². The quantitative estimate of drug-likeness (QED) is 0.287. The van der Waals surface area contributed by atoms with Crippen LogP contribution >= 0.6 is 11.3 Å². The van der Waals surface area contributed by atoms with Crippen LogP contribution in [0.15, 0.2) is 66.0 Å². The van der Waals surface area contributed by atoms with Crippen molar-refractivity contribution in [3.63, 3.8) is 0 Å².